The van der Waals surface area contributed by atoms with Crippen molar-refractivity contribution in [1.82, 2.24) is 60.9 Å². The average Bonchev–Trinajstić information content (AvgIpc) is 1.63. The maximum absolute atomic E-state index is 13.0. The van der Waals surface area contributed by atoms with Crippen LogP contribution in [0.15, 0.2) is 54.6 Å². The fourth-order valence-corrected chi connectivity index (χ4v) is 16.1. The van der Waals surface area contributed by atoms with Gasteiger partial charge < -0.3 is 59.3 Å². The van der Waals surface area contributed by atoms with Crippen molar-refractivity contribution in [1.29, 1.82) is 0 Å². The molecule has 0 radical (unpaired) electrons. The van der Waals surface area contributed by atoms with Gasteiger partial charge in [-0.25, -0.2) is 9.59 Å². The smallest absolute Gasteiger partial charge is 0.410 e. The van der Waals surface area contributed by atoms with Crippen molar-refractivity contribution < 1.29 is 67.0 Å². The number of fused-ring (bicyclic) bond motifs is 3. The number of anilines is 3. The molecule has 3 atom stereocenters. The summed E-state index contributed by atoms with van der Waals surface area (Å²) < 4.78 is 10.7. The molecule has 12 aliphatic heterocycles. The van der Waals surface area contributed by atoms with Gasteiger partial charge in [0, 0.05) is 202 Å². The van der Waals surface area contributed by atoms with E-state index in [4.69, 9.17) is 9.47 Å². The van der Waals surface area contributed by atoms with Crippen LogP contribution < -0.4 is 41.3 Å². The highest BCUT2D eigenvalue weighted by Crippen LogP contribution is 2.35. The molecule has 0 saturated carbocycles. The highest BCUT2D eigenvalue weighted by molar-refractivity contribution is 6.08. The van der Waals surface area contributed by atoms with Gasteiger partial charge in [0.15, 0.2) is 0 Å². The van der Waals surface area contributed by atoms with E-state index >= 15 is 0 Å². The lowest BCUT2D eigenvalue weighted by Gasteiger charge is -2.43. The first-order valence-electron chi connectivity index (χ1n) is 37.7. The molecule has 9 fully saturated rings. The van der Waals surface area contributed by atoms with Crippen LogP contribution in [0.4, 0.5) is 26.7 Å². The van der Waals surface area contributed by atoms with Gasteiger partial charge in [-0.05, 0) is 171 Å². The van der Waals surface area contributed by atoms with Crippen LogP contribution in [0.25, 0.3) is 0 Å². The summed E-state index contributed by atoms with van der Waals surface area (Å²) in [7, 11) is 0. The van der Waals surface area contributed by atoms with Gasteiger partial charge in [0.25, 0.3) is 17.7 Å². The molecule has 0 spiro atoms. The van der Waals surface area contributed by atoms with E-state index in [9.17, 15) is 57.5 Å². The number of hydrogen-bond donors (Lipinski definition) is 5. The predicted octanol–water partition coefficient (Wildman–Crippen LogP) is 4.16. The highest BCUT2D eigenvalue weighted by atomic mass is 35.5. The number of imide groups is 3. The van der Waals surface area contributed by atoms with Crippen molar-refractivity contribution in [2.24, 2.45) is 0 Å². The number of carbonyl (C=O) groups is 12. The minimum Gasteiger partial charge on any atom is -0.444 e. The van der Waals surface area contributed by atoms with E-state index in [1.807, 2.05) is 82.8 Å². The van der Waals surface area contributed by atoms with Crippen LogP contribution >= 0.6 is 12.4 Å². The molecule has 0 aromatic heterocycles. The molecule has 15 rings (SSSR count). The number of piperidine rings is 6. The van der Waals surface area contributed by atoms with E-state index in [0.29, 0.717) is 93.6 Å². The third-order valence-electron chi connectivity index (χ3n) is 21.8. The number of nitrogens with zero attached hydrogens (tertiary/aromatic N) is 10. The van der Waals surface area contributed by atoms with Gasteiger partial charge in [0.1, 0.15) is 35.1 Å². The SMILES string of the molecule is CC(C)(C)OC(=O)N1CCC(=O)CC1.CC(C)(C)OC(=O)N1CCC(N2CCN(c3ccc4c(c3)CN(C3CCC(=O)NC3=O)C4=O)CC2)CC1.Cl.O=C1CCC(N2Cc3cc(N4CCN(C5CCNCC5)CC4)ccc3C2=O)C(=O)N1.O=C1CCC(N2Cc3cc(N4CCNCC4)ccc3C2=O)C(=O)N1. The number of likely N-dealkylation sites (tertiary alicyclic amines) is 2. The van der Waals surface area contributed by atoms with E-state index < -0.39 is 29.3 Å². The minimum absolute atomic E-state index is 0. The Morgan fingerprint density at radius 2 is 0.698 bits per heavy atom. The minimum atomic E-state index is -0.591. The summed E-state index contributed by atoms with van der Waals surface area (Å²) in [5.41, 5.74) is 7.28. The van der Waals surface area contributed by atoms with Gasteiger partial charge in [-0.15, -0.1) is 12.4 Å². The first-order chi connectivity index (χ1) is 50.2. The molecule has 29 nitrogen and oxygen atoms in total. The number of ketones is 1. The maximum atomic E-state index is 13.0. The summed E-state index contributed by atoms with van der Waals surface area (Å²) in [4.78, 5) is 165. The standard InChI is InChI=1S/C27H37N5O5.C22H29N5O3.C17H20N4O3.C10H17NO3.ClH/c1-27(2,3)37-26(36)31-10-8-19(9-11-31)29-12-14-30(15-13-29)20-4-5-21-18(16-20)17-32(25(21)35)22-6-7-23(33)28-24(22)34;28-20-4-3-19(21(29)24-20)27-14-15-13-17(1-2-18(15)22(27)30)26-11-9-25(10-12-26)16-5-7-23-8-6-16;22-15-4-3-14(16(23)19-15)21-10-11-9-12(1-2-13(11)17(21)24)20-7-5-18-6-8-20;1-10(2,3)14-9(13)11-6-4-8(12)5-7-11;/h4-5,16,19,22H,6-15,17H2,1-3H3,(H,28,33,34);1-2,13,16,19,23H,3-12,14H2,(H,24,28,29);1-2,9,14,18H,3-8,10H2,(H,19,22,23);4-7H2,1-3H3;1H. The van der Waals surface area contributed by atoms with Gasteiger partial charge in [0.2, 0.25) is 35.4 Å². The number of hydrogen-bond acceptors (Lipinski definition) is 21. The number of amides is 11. The second kappa shape index (κ2) is 34.0. The Balaban J connectivity index is 0.000000147. The van der Waals surface area contributed by atoms with Gasteiger partial charge >= 0.3 is 12.2 Å². The van der Waals surface area contributed by atoms with Crippen LogP contribution in [0.1, 0.15) is 166 Å². The quantitative estimate of drug-likeness (QED) is 0.198. The predicted molar refractivity (Wildman–Crippen MR) is 396 cm³/mol. The van der Waals surface area contributed by atoms with Crippen LogP contribution in [-0.2, 0) is 62.7 Å². The Labute approximate surface area is 625 Å². The molecule has 3 aromatic rings. The third-order valence-corrected chi connectivity index (χ3v) is 21.8. The highest BCUT2D eigenvalue weighted by Gasteiger charge is 2.43. The van der Waals surface area contributed by atoms with Crippen LogP contribution in [0.5, 0.6) is 0 Å². The number of benzene rings is 3. The third kappa shape index (κ3) is 19.0. The van der Waals surface area contributed by atoms with Crippen molar-refractivity contribution in [3.63, 3.8) is 0 Å². The molecule has 3 aromatic carbocycles. The molecule has 12 heterocycles. The Kier molecular flexibility index (Phi) is 25.1. The Morgan fingerprint density at radius 1 is 0.377 bits per heavy atom. The van der Waals surface area contributed by atoms with E-state index in [2.05, 4.69) is 69.3 Å². The summed E-state index contributed by atoms with van der Waals surface area (Å²) >= 11 is 0. The Morgan fingerprint density at radius 3 is 1.04 bits per heavy atom. The van der Waals surface area contributed by atoms with Crippen molar-refractivity contribution in [3.8, 4) is 0 Å². The molecule has 11 amide bonds. The average molecular weight is 1490 g/mol. The number of piperazine rings is 3. The first kappa shape index (κ1) is 78.3. The van der Waals surface area contributed by atoms with Crippen LogP contribution in [0.2, 0.25) is 0 Å². The molecule has 0 aliphatic carbocycles. The summed E-state index contributed by atoms with van der Waals surface area (Å²) in [5.74, 6) is -2.05. The van der Waals surface area contributed by atoms with Crippen LogP contribution in [-0.4, -0.2) is 265 Å². The van der Waals surface area contributed by atoms with Crippen LogP contribution in [0, 0.1) is 0 Å². The van der Waals surface area contributed by atoms with E-state index in [1.165, 1.54) is 12.8 Å². The molecule has 9 saturated heterocycles. The fourth-order valence-electron chi connectivity index (χ4n) is 16.1. The van der Waals surface area contributed by atoms with Gasteiger partial charge in [0.05, 0.1) is 0 Å². The van der Waals surface area contributed by atoms with Crippen LogP contribution in [0.3, 0.4) is 0 Å². The molecule has 5 N–H and O–H groups in total. The normalized spacial score (nSPS) is 23.6. The van der Waals surface area contributed by atoms with E-state index in [0.717, 1.165) is 151 Å². The Hall–Kier alpha value is -8.77. The van der Waals surface area contributed by atoms with Crippen molar-refractivity contribution in [3.05, 3.63) is 88.0 Å². The molecule has 106 heavy (non-hydrogen) atoms. The van der Waals surface area contributed by atoms with Crippen molar-refractivity contribution in [2.75, 3.05) is 133 Å². The molecule has 0 bridgehead atoms. The zero-order valence-electron chi connectivity index (χ0n) is 62.0. The molecular formula is C76H104ClN15O14. The second-order valence-corrected chi connectivity index (χ2v) is 31.2. The summed E-state index contributed by atoms with van der Waals surface area (Å²) in [6, 6.07) is 17.4. The van der Waals surface area contributed by atoms with Gasteiger partial charge in [-0.2, -0.15) is 0 Å². The van der Waals surface area contributed by atoms with Crippen molar-refractivity contribution >= 4 is 101 Å². The van der Waals surface area contributed by atoms with E-state index in [1.54, 1.807) is 19.6 Å². The molecule has 12 aliphatic rings. The monoisotopic (exact) mass is 1490 g/mol. The van der Waals surface area contributed by atoms with E-state index in [-0.39, 0.29) is 103 Å². The summed E-state index contributed by atoms with van der Waals surface area (Å²) in [5, 5.41) is 13.8. The van der Waals surface area contributed by atoms with Gasteiger partial charge in [-0.3, -0.25) is 73.7 Å². The summed E-state index contributed by atoms with van der Waals surface area (Å²) in [6.45, 7) is 28.8. The number of ether oxygens (including phenoxy) is 2. The number of nitrogens with one attached hydrogen (secondary N) is 5. The zero-order chi connectivity index (χ0) is 74.4. The molecule has 30 heteroatoms. The second-order valence-electron chi connectivity index (χ2n) is 31.2. The summed E-state index contributed by atoms with van der Waals surface area (Å²) in [6.07, 6.45) is 6.74. The maximum Gasteiger partial charge on any atom is 0.410 e. The largest absolute Gasteiger partial charge is 0.444 e. The molecule has 3 unspecified atom stereocenters. The number of halogens is 1. The topological polar surface area (TPSA) is 316 Å². The zero-order valence-corrected chi connectivity index (χ0v) is 62.8. The number of Topliss-reactive ketones (excluding diaryl/α,β-unsaturated/α-hetero) is 1. The van der Waals surface area contributed by atoms with Crippen molar-refractivity contribution in [2.45, 2.75) is 180 Å². The molecular weight excluding hydrogens is 1380 g/mol. The number of rotatable bonds is 8. The Bertz CT molecular complexity index is 3820. The fraction of sp³-hybridized carbons (Fsp3) is 0.605. The lowest BCUT2D eigenvalue weighted by atomic mass is 10.0. The lowest BCUT2D eigenvalue weighted by molar-refractivity contribution is -0.138. The lowest BCUT2D eigenvalue weighted by Crippen LogP contribution is -2.54. The molecule has 574 valence electrons. The van der Waals surface area contributed by atoms with Gasteiger partial charge in [-0.1, -0.05) is 0 Å². The first-order valence-corrected chi connectivity index (χ1v) is 37.7. The number of carbonyl (C=O) groups excluding carboxylic acids is 12.